The second-order valence-corrected chi connectivity index (χ2v) is 6.27. The lowest BCUT2D eigenvalue weighted by atomic mass is 9.77. The number of hydrogen-bond donors (Lipinski definition) is 1. The highest BCUT2D eigenvalue weighted by molar-refractivity contribution is 4.78. The van der Waals surface area contributed by atoms with Crippen LogP contribution in [0.1, 0.15) is 48.0 Å². The molecule has 0 saturated heterocycles. The van der Waals surface area contributed by atoms with Gasteiger partial charge in [-0.25, -0.2) is 0 Å². The minimum atomic E-state index is 0.223. The highest BCUT2D eigenvalue weighted by Gasteiger charge is 2.25. The molecule has 0 aliphatic rings. The van der Waals surface area contributed by atoms with Crippen LogP contribution < -0.4 is 5.32 Å². The van der Waals surface area contributed by atoms with Crippen LogP contribution in [0.3, 0.4) is 0 Å². The van der Waals surface area contributed by atoms with Crippen LogP contribution in [-0.4, -0.2) is 25.8 Å². The molecular weight excluding hydrogens is 186 g/mol. The maximum absolute atomic E-state index is 5.22. The first-order valence-corrected chi connectivity index (χ1v) is 5.93. The quantitative estimate of drug-likeness (QED) is 0.735. The van der Waals surface area contributed by atoms with Crippen LogP contribution in [0, 0.1) is 11.3 Å². The summed E-state index contributed by atoms with van der Waals surface area (Å²) < 4.78 is 5.22. The average Bonchev–Trinajstić information content (AvgIpc) is 2.01. The van der Waals surface area contributed by atoms with Crippen molar-refractivity contribution in [1.29, 1.82) is 0 Å². The number of ether oxygens (including phenoxy) is 1. The lowest BCUT2D eigenvalue weighted by Gasteiger charge is -2.33. The summed E-state index contributed by atoms with van der Waals surface area (Å²) in [6.45, 7) is 15.4. The van der Waals surface area contributed by atoms with Crippen LogP contribution in [0.4, 0.5) is 0 Å². The van der Waals surface area contributed by atoms with Gasteiger partial charge in [0.25, 0.3) is 0 Å². The normalized spacial score (nSPS) is 15.4. The number of rotatable bonds is 6. The van der Waals surface area contributed by atoms with E-state index in [-0.39, 0.29) is 5.54 Å². The zero-order chi connectivity index (χ0) is 12.1. The Hall–Kier alpha value is -0.0800. The van der Waals surface area contributed by atoms with Gasteiger partial charge in [-0.1, -0.05) is 20.8 Å². The molecule has 2 heteroatoms. The fourth-order valence-corrected chi connectivity index (χ4v) is 1.48. The third-order valence-corrected chi connectivity index (χ3v) is 3.18. The maximum Gasteiger partial charge on any atom is 0.0492 e. The van der Waals surface area contributed by atoms with E-state index in [0.717, 1.165) is 13.2 Å². The maximum atomic E-state index is 5.22. The van der Waals surface area contributed by atoms with E-state index in [0.29, 0.717) is 11.3 Å². The minimum Gasteiger partial charge on any atom is -0.384 e. The number of hydrogen-bond acceptors (Lipinski definition) is 2. The lowest BCUT2D eigenvalue weighted by molar-refractivity contribution is 0.0851. The molecular formula is C13H29NO. The van der Waals surface area contributed by atoms with Crippen LogP contribution in [0.2, 0.25) is 0 Å². The Labute approximate surface area is 95.8 Å². The van der Waals surface area contributed by atoms with E-state index in [1.165, 1.54) is 6.42 Å². The SMILES string of the molecule is COCC(C)C(C)(C)CCNC(C)(C)C. The molecule has 1 unspecified atom stereocenters. The Morgan fingerprint density at radius 3 is 2.07 bits per heavy atom. The third kappa shape index (κ3) is 6.91. The van der Waals surface area contributed by atoms with Crippen molar-refractivity contribution in [2.24, 2.45) is 11.3 Å². The number of methoxy groups -OCH3 is 1. The van der Waals surface area contributed by atoms with E-state index in [9.17, 15) is 0 Å². The van der Waals surface area contributed by atoms with Crippen LogP contribution in [0.5, 0.6) is 0 Å². The second-order valence-electron chi connectivity index (χ2n) is 6.27. The van der Waals surface area contributed by atoms with Crippen molar-refractivity contribution in [3.8, 4) is 0 Å². The first-order valence-electron chi connectivity index (χ1n) is 5.93. The molecule has 15 heavy (non-hydrogen) atoms. The molecule has 0 aromatic rings. The fraction of sp³-hybridized carbons (Fsp3) is 1.00. The van der Waals surface area contributed by atoms with Gasteiger partial charge in [-0.15, -0.1) is 0 Å². The van der Waals surface area contributed by atoms with Crippen molar-refractivity contribution in [3.63, 3.8) is 0 Å². The smallest absolute Gasteiger partial charge is 0.0492 e. The highest BCUT2D eigenvalue weighted by atomic mass is 16.5. The lowest BCUT2D eigenvalue weighted by Crippen LogP contribution is -2.39. The monoisotopic (exact) mass is 215 g/mol. The van der Waals surface area contributed by atoms with Gasteiger partial charge in [0.15, 0.2) is 0 Å². The molecule has 0 aromatic heterocycles. The molecule has 92 valence electrons. The van der Waals surface area contributed by atoms with Crippen molar-refractivity contribution in [2.45, 2.75) is 53.5 Å². The van der Waals surface area contributed by atoms with Crippen LogP contribution in [0.25, 0.3) is 0 Å². The second kappa shape index (κ2) is 5.86. The zero-order valence-corrected chi connectivity index (χ0v) is 11.6. The van der Waals surface area contributed by atoms with Gasteiger partial charge in [0.05, 0.1) is 0 Å². The van der Waals surface area contributed by atoms with E-state index in [2.05, 4.69) is 46.9 Å². The molecule has 0 saturated carbocycles. The summed E-state index contributed by atoms with van der Waals surface area (Å²) >= 11 is 0. The molecule has 0 heterocycles. The summed E-state index contributed by atoms with van der Waals surface area (Å²) in [7, 11) is 1.78. The molecule has 0 fully saturated rings. The van der Waals surface area contributed by atoms with Crippen molar-refractivity contribution in [1.82, 2.24) is 5.32 Å². The predicted molar refractivity (Wildman–Crippen MR) is 67.2 cm³/mol. The van der Waals surface area contributed by atoms with Crippen LogP contribution in [-0.2, 0) is 4.74 Å². The Kier molecular flexibility index (Phi) is 5.82. The summed E-state index contributed by atoms with van der Waals surface area (Å²) in [4.78, 5) is 0. The topological polar surface area (TPSA) is 21.3 Å². The molecule has 0 spiro atoms. The molecule has 1 atom stereocenters. The van der Waals surface area contributed by atoms with Gasteiger partial charge in [0.1, 0.15) is 0 Å². The summed E-state index contributed by atoms with van der Waals surface area (Å²) in [5, 5.41) is 3.53. The molecule has 0 aliphatic carbocycles. The van der Waals surface area contributed by atoms with Crippen molar-refractivity contribution < 1.29 is 4.74 Å². The molecule has 1 N–H and O–H groups in total. The van der Waals surface area contributed by atoms with E-state index >= 15 is 0 Å². The summed E-state index contributed by atoms with van der Waals surface area (Å²) in [5.41, 5.74) is 0.564. The molecule has 0 aliphatic heterocycles. The van der Waals surface area contributed by atoms with E-state index in [1.54, 1.807) is 7.11 Å². The Balaban J connectivity index is 3.93. The fourth-order valence-electron chi connectivity index (χ4n) is 1.48. The van der Waals surface area contributed by atoms with E-state index in [4.69, 9.17) is 4.74 Å². The van der Waals surface area contributed by atoms with Gasteiger partial charge in [-0.3, -0.25) is 0 Å². The first-order chi connectivity index (χ1) is 6.69. The first kappa shape index (κ1) is 14.9. The van der Waals surface area contributed by atoms with Gasteiger partial charge >= 0.3 is 0 Å². The molecule has 2 nitrogen and oxygen atoms in total. The van der Waals surface area contributed by atoms with Crippen molar-refractivity contribution in [3.05, 3.63) is 0 Å². The predicted octanol–water partition coefficient (Wildman–Crippen LogP) is 3.07. The average molecular weight is 215 g/mol. The standard InChI is InChI=1S/C13H29NO/c1-11(10-15-7)13(5,6)8-9-14-12(2,3)4/h11,14H,8-10H2,1-7H3. The summed E-state index contributed by atoms with van der Waals surface area (Å²) in [5.74, 6) is 0.601. The number of nitrogens with one attached hydrogen (secondary N) is 1. The highest BCUT2D eigenvalue weighted by Crippen LogP contribution is 2.30. The molecule has 0 rings (SSSR count). The third-order valence-electron chi connectivity index (χ3n) is 3.18. The van der Waals surface area contributed by atoms with Gasteiger partial charge in [-0.2, -0.15) is 0 Å². The van der Waals surface area contributed by atoms with Gasteiger partial charge in [0.2, 0.25) is 0 Å². The van der Waals surface area contributed by atoms with Crippen LogP contribution >= 0.6 is 0 Å². The summed E-state index contributed by atoms with van der Waals surface area (Å²) in [6, 6.07) is 0. The van der Waals surface area contributed by atoms with Gasteiger partial charge in [0, 0.05) is 19.3 Å². The van der Waals surface area contributed by atoms with Crippen LogP contribution in [0.15, 0.2) is 0 Å². The molecule has 0 radical (unpaired) electrons. The largest absolute Gasteiger partial charge is 0.384 e. The summed E-state index contributed by atoms with van der Waals surface area (Å²) in [6.07, 6.45) is 1.19. The van der Waals surface area contributed by atoms with Crippen molar-refractivity contribution >= 4 is 0 Å². The van der Waals surface area contributed by atoms with E-state index in [1.807, 2.05) is 0 Å². The van der Waals surface area contributed by atoms with Gasteiger partial charge in [-0.05, 0) is 45.1 Å². The minimum absolute atomic E-state index is 0.223. The molecule has 0 bridgehead atoms. The Morgan fingerprint density at radius 2 is 1.67 bits per heavy atom. The zero-order valence-electron chi connectivity index (χ0n) is 11.6. The molecule has 0 amide bonds. The van der Waals surface area contributed by atoms with E-state index < -0.39 is 0 Å². The Bertz CT molecular complexity index is 170. The van der Waals surface area contributed by atoms with Gasteiger partial charge < -0.3 is 10.1 Å². The Morgan fingerprint density at radius 1 is 1.13 bits per heavy atom. The molecule has 0 aromatic carbocycles. The van der Waals surface area contributed by atoms with Crippen molar-refractivity contribution in [2.75, 3.05) is 20.3 Å².